The molecule has 17 heavy (non-hydrogen) atoms. The van der Waals surface area contributed by atoms with E-state index >= 15 is 0 Å². The summed E-state index contributed by atoms with van der Waals surface area (Å²) >= 11 is 3.45. The molecule has 0 amide bonds. The number of nitrogens with zero attached hydrogens (tertiary/aromatic N) is 1. The van der Waals surface area contributed by atoms with E-state index in [0.717, 1.165) is 21.5 Å². The summed E-state index contributed by atoms with van der Waals surface area (Å²) in [4.78, 5) is 0. The van der Waals surface area contributed by atoms with Gasteiger partial charge in [0.25, 0.3) is 0 Å². The molecule has 0 aliphatic carbocycles. The lowest BCUT2D eigenvalue weighted by molar-refractivity contribution is 0.416. The zero-order chi connectivity index (χ0) is 12.3. The van der Waals surface area contributed by atoms with Crippen molar-refractivity contribution < 1.29 is 4.74 Å². The predicted molar refractivity (Wildman–Crippen MR) is 71.3 cm³/mol. The summed E-state index contributed by atoms with van der Waals surface area (Å²) in [5, 5.41) is 10.1. The number of halogens is 1. The summed E-state index contributed by atoms with van der Waals surface area (Å²) in [6, 6.07) is 6.04. The van der Waals surface area contributed by atoms with Gasteiger partial charge in [-0.05, 0) is 25.1 Å². The van der Waals surface area contributed by atoms with Gasteiger partial charge in [0, 0.05) is 16.2 Å². The van der Waals surface area contributed by atoms with E-state index in [4.69, 9.17) is 4.74 Å². The van der Waals surface area contributed by atoms with Crippen LogP contribution in [0.25, 0.3) is 0 Å². The molecule has 1 heterocycles. The van der Waals surface area contributed by atoms with E-state index in [9.17, 15) is 0 Å². The van der Waals surface area contributed by atoms with Gasteiger partial charge in [0.05, 0.1) is 25.0 Å². The Bertz CT molecular complexity index is 485. The minimum absolute atomic E-state index is 0.164. The van der Waals surface area contributed by atoms with Gasteiger partial charge in [0.2, 0.25) is 0 Å². The maximum atomic E-state index is 5.31. The molecule has 0 radical (unpaired) electrons. The number of aromatic nitrogens is 2. The standard InChI is InChI=1S/C12H14BrN3O/c1-8(9-6-14-15-7-9)16-11-5-10(13)3-4-12(11)17-2/h3-8,16H,1-2H3,(H,14,15). The zero-order valence-electron chi connectivity index (χ0n) is 9.70. The van der Waals surface area contributed by atoms with E-state index < -0.39 is 0 Å². The highest BCUT2D eigenvalue weighted by molar-refractivity contribution is 9.10. The van der Waals surface area contributed by atoms with Crippen molar-refractivity contribution in [1.82, 2.24) is 10.2 Å². The second-order valence-electron chi connectivity index (χ2n) is 3.74. The molecule has 1 unspecified atom stereocenters. The molecule has 0 bridgehead atoms. The Morgan fingerprint density at radius 3 is 2.94 bits per heavy atom. The molecule has 0 saturated carbocycles. The molecule has 1 atom stereocenters. The van der Waals surface area contributed by atoms with Crippen LogP contribution in [0, 0.1) is 0 Å². The number of benzene rings is 1. The fraction of sp³-hybridized carbons (Fsp3) is 0.250. The molecule has 1 aromatic carbocycles. The molecule has 2 N–H and O–H groups in total. The predicted octanol–water partition coefficient (Wildman–Crippen LogP) is 3.35. The average molecular weight is 296 g/mol. The first-order valence-electron chi connectivity index (χ1n) is 5.29. The second kappa shape index (κ2) is 5.23. The normalized spacial score (nSPS) is 12.2. The first-order valence-corrected chi connectivity index (χ1v) is 6.08. The number of aromatic amines is 1. The van der Waals surface area contributed by atoms with Crippen LogP contribution in [0.1, 0.15) is 18.5 Å². The second-order valence-corrected chi connectivity index (χ2v) is 4.66. The van der Waals surface area contributed by atoms with Crippen LogP contribution < -0.4 is 10.1 Å². The highest BCUT2D eigenvalue weighted by Crippen LogP contribution is 2.30. The Hall–Kier alpha value is -1.49. The van der Waals surface area contributed by atoms with Gasteiger partial charge in [-0.1, -0.05) is 15.9 Å². The third-order valence-electron chi connectivity index (χ3n) is 2.55. The van der Waals surface area contributed by atoms with Gasteiger partial charge < -0.3 is 10.1 Å². The SMILES string of the molecule is COc1ccc(Br)cc1NC(C)c1cn[nH]c1. The number of rotatable bonds is 4. The van der Waals surface area contributed by atoms with Crippen molar-refractivity contribution in [3.63, 3.8) is 0 Å². The monoisotopic (exact) mass is 295 g/mol. The Balaban J connectivity index is 2.20. The molecule has 5 heteroatoms. The van der Waals surface area contributed by atoms with E-state index in [-0.39, 0.29) is 6.04 Å². The Labute approximate surface area is 109 Å². The van der Waals surface area contributed by atoms with Crippen LogP contribution in [0.2, 0.25) is 0 Å². The molecule has 0 saturated heterocycles. The molecule has 0 fully saturated rings. The molecule has 0 aliphatic heterocycles. The average Bonchev–Trinajstić information content (AvgIpc) is 2.83. The number of methoxy groups -OCH3 is 1. The van der Waals surface area contributed by atoms with Gasteiger partial charge >= 0.3 is 0 Å². The van der Waals surface area contributed by atoms with Crippen LogP contribution in [0.3, 0.4) is 0 Å². The van der Waals surface area contributed by atoms with Crippen LogP contribution in [0.15, 0.2) is 35.1 Å². The summed E-state index contributed by atoms with van der Waals surface area (Å²) < 4.78 is 6.33. The first kappa shape index (κ1) is 12.0. The van der Waals surface area contributed by atoms with Gasteiger partial charge in [-0.15, -0.1) is 0 Å². The van der Waals surface area contributed by atoms with Gasteiger partial charge in [-0.2, -0.15) is 5.10 Å². The van der Waals surface area contributed by atoms with Crippen LogP contribution in [0.5, 0.6) is 5.75 Å². The highest BCUT2D eigenvalue weighted by atomic mass is 79.9. The lowest BCUT2D eigenvalue weighted by atomic mass is 10.2. The molecular formula is C12H14BrN3O. The van der Waals surface area contributed by atoms with E-state index in [1.165, 1.54) is 0 Å². The smallest absolute Gasteiger partial charge is 0.142 e. The number of hydrogen-bond donors (Lipinski definition) is 2. The van der Waals surface area contributed by atoms with E-state index in [1.54, 1.807) is 7.11 Å². The van der Waals surface area contributed by atoms with Crippen LogP contribution in [0.4, 0.5) is 5.69 Å². The van der Waals surface area contributed by atoms with Crippen molar-refractivity contribution in [3.8, 4) is 5.75 Å². The Morgan fingerprint density at radius 1 is 1.47 bits per heavy atom. The summed E-state index contributed by atoms with van der Waals surface area (Å²) in [6.45, 7) is 2.07. The van der Waals surface area contributed by atoms with Crippen LogP contribution >= 0.6 is 15.9 Å². The van der Waals surface area contributed by atoms with E-state index in [0.29, 0.717) is 0 Å². The number of nitrogens with one attached hydrogen (secondary N) is 2. The fourth-order valence-corrected chi connectivity index (χ4v) is 1.97. The third-order valence-corrected chi connectivity index (χ3v) is 3.05. The van der Waals surface area contributed by atoms with Gasteiger partial charge in [-0.3, -0.25) is 5.10 Å². The molecule has 4 nitrogen and oxygen atoms in total. The van der Waals surface area contributed by atoms with Crippen molar-refractivity contribution in [2.24, 2.45) is 0 Å². The summed E-state index contributed by atoms with van der Waals surface area (Å²) in [5.74, 6) is 0.823. The van der Waals surface area contributed by atoms with Gasteiger partial charge in [0.15, 0.2) is 0 Å². The van der Waals surface area contributed by atoms with Crippen molar-refractivity contribution in [2.45, 2.75) is 13.0 Å². The maximum absolute atomic E-state index is 5.31. The Kier molecular flexibility index (Phi) is 3.68. The maximum Gasteiger partial charge on any atom is 0.142 e. The highest BCUT2D eigenvalue weighted by Gasteiger charge is 2.10. The molecular weight excluding hydrogens is 282 g/mol. The van der Waals surface area contributed by atoms with Gasteiger partial charge in [-0.25, -0.2) is 0 Å². The van der Waals surface area contributed by atoms with Crippen LogP contribution in [-0.4, -0.2) is 17.3 Å². The quantitative estimate of drug-likeness (QED) is 0.909. The summed E-state index contributed by atoms with van der Waals surface area (Å²) in [7, 11) is 1.66. The lowest BCUT2D eigenvalue weighted by Crippen LogP contribution is -2.06. The molecule has 90 valence electrons. The van der Waals surface area contributed by atoms with Crippen molar-refractivity contribution >= 4 is 21.6 Å². The van der Waals surface area contributed by atoms with E-state index in [2.05, 4.69) is 38.4 Å². The molecule has 0 spiro atoms. The first-order chi connectivity index (χ1) is 8.20. The van der Waals surface area contributed by atoms with Crippen molar-refractivity contribution in [1.29, 1.82) is 0 Å². The number of H-pyrrole nitrogens is 1. The summed E-state index contributed by atoms with van der Waals surface area (Å²) in [5.41, 5.74) is 2.06. The number of ether oxygens (including phenoxy) is 1. The van der Waals surface area contributed by atoms with Crippen LogP contribution in [-0.2, 0) is 0 Å². The van der Waals surface area contributed by atoms with Crippen molar-refractivity contribution in [3.05, 3.63) is 40.6 Å². The number of hydrogen-bond acceptors (Lipinski definition) is 3. The van der Waals surface area contributed by atoms with Crippen molar-refractivity contribution in [2.75, 3.05) is 12.4 Å². The summed E-state index contributed by atoms with van der Waals surface area (Å²) in [6.07, 6.45) is 3.68. The lowest BCUT2D eigenvalue weighted by Gasteiger charge is -2.16. The third kappa shape index (κ3) is 2.79. The minimum atomic E-state index is 0.164. The molecule has 2 rings (SSSR count). The topological polar surface area (TPSA) is 49.9 Å². The molecule has 1 aromatic heterocycles. The largest absolute Gasteiger partial charge is 0.495 e. The zero-order valence-corrected chi connectivity index (χ0v) is 11.3. The number of anilines is 1. The fourth-order valence-electron chi connectivity index (χ4n) is 1.61. The molecule has 0 aliphatic rings. The van der Waals surface area contributed by atoms with E-state index in [1.807, 2.05) is 30.6 Å². The van der Waals surface area contributed by atoms with Gasteiger partial charge in [0.1, 0.15) is 5.75 Å². The molecule has 2 aromatic rings. The Morgan fingerprint density at radius 2 is 2.29 bits per heavy atom. The minimum Gasteiger partial charge on any atom is -0.495 e.